The Morgan fingerprint density at radius 3 is 2.79 bits per heavy atom. The van der Waals surface area contributed by atoms with Crippen molar-refractivity contribution in [3.8, 4) is 11.4 Å². The molecular weight excluding hydrogens is 199 g/mol. The minimum absolute atomic E-state index is 0.374. The number of hydrogen-bond donors (Lipinski definition) is 2. The highest BCUT2D eigenvalue weighted by Crippen LogP contribution is 2.14. The lowest BCUT2D eigenvalue weighted by atomic mass is 9.78. The minimum atomic E-state index is -1.51. The Kier molecular flexibility index (Phi) is 2.58. The third-order valence-electron chi connectivity index (χ3n) is 1.79. The lowest BCUT2D eigenvalue weighted by Gasteiger charge is -2.03. The lowest BCUT2D eigenvalue weighted by molar-refractivity contribution is 0.426. The second kappa shape index (κ2) is 3.87. The molecule has 0 atom stereocenters. The third kappa shape index (κ3) is 1.67. The smallest absolute Gasteiger partial charge is 0.423 e. The first-order valence-electron chi connectivity index (χ1n) is 3.98. The average Bonchev–Trinajstić information content (AvgIpc) is 2.70. The summed E-state index contributed by atoms with van der Waals surface area (Å²) in [6.07, 6.45) is 1.60. The molecule has 0 radical (unpaired) electrons. The second-order valence-electron chi connectivity index (χ2n) is 2.69. The van der Waals surface area contributed by atoms with Crippen LogP contribution in [-0.4, -0.2) is 27.1 Å². The number of rotatable bonds is 2. The molecule has 14 heavy (non-hydrogen) atoms. The molecule has 2 aromatic rings. The molecule has 0 spiro atoms. The molecule has 0 aliphatic carbocycles. The van der Waals surface area contributed by atoms with Crippen LogP contribution in [0, 0.1) is 0 Å². The Balaban J connectivity index is 2.53. The van der Waals surface area contributed by atoms with E-state index < -0.39 is 7.12 Å². The van der Waals surface area contributed by atoms with Crippen LogP contribution < -0.4 is 5.46 Å². The number of aromatic nitrogens is 2. The second-order valence-corrected chi connectivity index (χ2v) is 3.41. The minimum Gasteiger partial charge on any atom is -0.423 e. The summed E-state index contributed by atoms with van der Waals surface area (Å²) in [4.78, 5) is 8.13. The fraction of sp³-hybridized carbons (Fsp3) is 0. The van der Waals surface area contributed by atoms with Crippen molar-refractivity contribution in [1.29, 1.82) is 0 Å². The van der Waals surface area contributed by atoms with Crippen molar-refractivity contribution in [2.24, 2.45) is 0 Å². The largest absolute Gasteiger partial charge is 0.490 e. The molecule has 4 nitrogen and oxygen atoms in total. The normalized spacial score (nSPS) is 10.1. The van der Waals surface area contributed by atoms with Gasteiger partial charge >= 0.3 is 7.12 Å². The first kappa shape index (κ1) is 9.33. The van der Waals surface area contributed by atoms with E-state index in [-0.39, 0.29) is 0 Å². The highest BCUT2D eigenvalue weighted by atomic mass is 32.1. The Morgan fingerprint density at radius 2 is 2.14 bits per heavy atom. The van der Waals surface area contributed by atoms with Crippen molar-refractivity contribution < 1.29 is 10.0 Å². The van der Waals surface area contributed by atoms with E-state index in [0.717, 1.165) is 0 Å². The molecule has 0 saturated carbocycles. The summed E-state index contributed by atoms with van der Waals surface area (Å²) >= 11 is 1.44. The van der Waals surface area contributed by atoms with E-state index in [1.807, 2.05) is 5.38 Å². The van der Waals surface area contributed by atoms with Gasteiger partial charge < -0.3 is 10.0 Å². The SMILES string of the molecule is OB(O)c1cccnc1-c1cscn1. The summed E-state index contributed by atoms with van der Waals surface area (Å²) in [5, 5.41) is 20.0. The van der Waals surface area contributed by atoms with Crippen LogP contribution in [0.4, 0.5) is 0 Å². The maximum atomic E-state index is 9.09. The molecule has 2 aromatic heterocycles. The molecule has 0 saturated heterocycles. The summed E-state index contributed by atoms with van der Waals surface area (Å²) in [6.45, 7) is 0. The van der Waals surface area contributed by atoms with E-state index in [9.17, 15) is 0 Å². The van der Waals surface area contributed by atoms with Gasteiger partial charge in [-0.25, -0.2) is 4.98 Å². The number of pyridine rings is 1. The van der Waals surface area contributed by atoms with Crippen LogP contribution in [0.2, 0.25) is 0 Å². The van der Waals surface area contributed by atoms with Crippen molar-refractivity contribution in [3.05, 3.63) is 29.2 Å². The number of nitrogens with zero attached hydrogens (tertiary/aromatic N) is 2. The van der Waals surface area contributed by atoms with Crippen molar-refractivity contribution in [1.82, 2.24) is 9.97 Å². The fourth-order valence-corrected chi connectivity index (χ4v) is 1.71. The van der Waals surface area contributed by atoms with E-state index in [4.69, 9.17) is 10.0 Å². The van der Waals surface area contributed by atoms with Crippen LogP contribution in [0.5, 0.6) is 0 Å². The van der Waals surface area contributed by atoms with E-state index in [1.54, 1.807) is 23.8 Å². The van der Waals surface area contributed by atoms with E-state index >= 15 is 0 Å². The molecule has 6 heteroatoms. The van der Waals surface area contributed by atoms with Gasteiger partial charge in [-0.15, -0.1) is 11.3 Å². The topological polar surface area (TPSA) is 66.2 Å². The van der Waals surface area contributed by atoms with Crippen LogP contribution in [0.25, 0.3) is 11.4 Å². The quantitative estimate of drug-likeness (QED) is 0.672. The summed E-state index contributed by atoms with van der Waals surface area (Å²) in [5.74, 6) is 0. The maximum absolute atomic E-state index is 9.09. The zero-order chi connectivity index (χ0) is 9.97. The lowest BCUT2D eigenvalue weighted by Crippen LogP contribution is -2.32. The summed E-state index contributed by atoms with van der Waals surface area (Å²) in [7, 11) is -1.51. The predicted octanol–water partition coefficient (Wildman–Crippen LogP) is -0.115. The van der Waals surface area contributed by atoms with Gasteiger partial charge in [0.25, 0.3) is 0 Å². The van der Waals surface area contributed by atoms with Gasteiger partial charge in [0.1, 0.15) is 0 Å². The molecule has 0 aromatic carbocycles. The number of thiazole rings is 1. The standard InChI is InChI=1S/C8H7BN2O2S/c12-9(13)6-2-1-3-10-8(6)7-4-14-5-11-7/h1-5,12-13H. The van der Waals surface area contributed by atoms with Gasteiger partial charge in [0, 0.05) is 17.0 Å². The molecule has 2 N–H and O–H groups in total. The summed E-state index contributed by atoms with van der Waals surface area (Å²) < 4.78 is 0. The highest BCUT2D eigenvalue weighted by molar-refractivity contribution is 7.07. The van der Waals surface area contributed by atoms with E-state index in [0.29, 0.717) is 16.9 Å². The highest BCUT2D eigenvalue weighted by Gasteiger charge is 2.18. The van der Waals surface area contributed by atoms with Crippen molar-refractivity contribution in [3.63, 3.8) is 0 Å². The number of hydrogen-bond acceptors (Lipinski definition) is 5. The van der Waals surface area contributed by atoms with Gasteiger partial charge in [0.2, 0.25) is 0 Å². The molecule has 0 unspecified atom stereocenters. The van der Waals surface area contributed by atoms with Crippen LogP contribution in [0.15, 0.2) is 29.2 Å². The molecule has 0 aliphatic heterocycles. The first-order chi connectivity index (χ1) is 6.79. The van der Waals surface area contributed by atoms with Gasteiger partial charge in [0.05, 0.1) is 16.9 Å². The Morgan fingerprint density at radius 1 is 1.29 bits per heavy atom. The van der Waals surface area contributed by atoms with Crippen LogP contribution in [0.3, 0.4) is 0 Å². The molecule has 0 bridgehead atoms. The zero-order valence-corrected chi connectivity index (χ0v) is 7.98. The molecule has 70 valence electrons. The maximum Gasteiger partial charge on any atom is 0.490 e. The third-order valence-corrected chi connectivity index (χ3v) is 2.38. The van der Waals surface area contributed by atoms with Gasteiger partial charge in [-0.1, -0.05) is 6.07 Å². The van der Waals surface area contributed by atoms with Crippen LogP contribution >= 0.6 is 11.3 Å². The van der Waals surface area contributed by atoms with Crippen molar-refractivity contribution in [2.75, 3.05) is 0 Å². The van der Waals surface area contributed by atoms with Crippen LogP contribution in [0.1, 0.15) is 0 Å². The molecule has 0 aliphatic rings. The average molecular weight is 206 g/mol. The van der Waals surface area contributed by atoms with Crippen molar-refractivity contribution in [2.45, 2.75) is 0 Å². The predicted molar refractivity (Wildman–Crippen MR) is 55.2 cm³/mol. The van der Waals surface area contributed by atoms with Crippen LogP contribution in [-0.2, 0) is 0 Å². The Labute approximate surface area is 85.0 Å². The van der Waals surface area contributed by atoms with Gasteiger partial charge in [-0.2, -0.15) is 0 Å². The monoisotopic (exact) mass is 206 g/mol. The Hall–Kier alpha value is -1.24. The van der Waals surface area contributed by atoms with Crippen molar-refractivity contribution >= 4 is 23.9 Å². The summed E-state index contributed by atoms with van der Waals surface area (Å²) in [6, 6.07) is 3.27. The summed E-state index contributed by atoms with van der Waals surface area (Å²) in [5.41, 5.74) is 3.23. The first-order valence-corrected chi connectivity index (χ1v) is 4.93. The molecule has 0 fully saturated rings. The molecule has 2 rings (SSSR count). The van der Waals surface area contributed by atoms with Gasteiger partial charge in [-0.3, -0.25) is 4.98 Å². The fourth-order valence-electron chi connectivity index (χ4n) is 1.17. The molecular formula is C8H7BN2O2S. The van der Waals surface area contributed by atoms with Gasteiger partial charge in [-0.05, 0) is 6.07 Å². The molecule has 2 heterocycles. The Bertz CT molecular complexity index is 419. The molecule has 0 amide bonds. The van der Waals surface area contributed by atoms with E-state index in [2.05, 4.69) is 9.97 Å². The van der Waals surface area contributed by atoms with Gasteiger partial charge in [0.15, 0.2) is 0 Å². The zero-order valence-electron chi connectivity index (χ0n) is 7.16. The van der Waals surface area contributed by atoms with E-state index in [1.165, 1.54) is 11.3 Å².